The van der Waals surface area contributed by atoms with Crippen LogP contribution < -0.4 is 5.73 Å². The quantitative estimate of drug-likeness (QED) is 0.677. The Morgan fingerprint density at radius 3 is 2.00 bits per heavy atom. The summed E-state index contributed by atoms with van der Waals surface area (Å²) in [6.45, 7) is 0.838. The lowest BCUT2D eigenvalue weighted by atomic mass is 10.1. The summed E-state index contributed by atoms with van der Waals surface area (Å²) >= 11 is 5.83. The van der Waals surface area contributed by atoms with Crippen LogP contribution in [0.1, 0.15) is 44.1 Å². The maximum atomic E-state index is 5.83. The summed E-state index contributed by atoms with van der Waals surface area (Å²) in [7, 11) is 0. The fraction of sp³-hybridized carbons (Fsp3) is 0.571. The number of aryl methyl sites for hydroxylation is 1. The van der Waals surface area contributed by atoms with Gasteiger partial charge in [-0.1, -0.05) is 49.4 Å². The maximum absolute atomic E-state index is 5.83. The van der Waals surface area contributed by atoms with Crippen molar-refractivity contribution in [2.45, 2.75) is 44.9 Å². The second kappa shape index (κ2) is 8.60. The molecule has 0 aliphatic heterocycles. The Morgan fingerprint density at radius 1 is 0.812 bits per heavy atom. The Kier molecular flexibility index (Phi) is 7.28. The molecular formula is C14H22ClN. The Balaban J connectivity index is 2.01. The van der Waals surface area contributed by atoms with Gasteiger partial charge in [-0.25, -0.2) is 0 Å². The number of unbranched alkanes of at least 4 members (excludes halogenated alkanes) is 5. The first kappa shape index (κ1) is 13.5. The first-order valence-electron chi connectivity index (χ1n) is 6.27. The van der Waals surface area contributed by atoms with E-state index in [1.54, 1.807) is 0 Å². The van der Waals surface area contributed by atoms with E-state index in [0.29, 0.717) is 0 Å². The molecule has 0 radical (unpaired) electrons. The molecule has 90 valence electrons. The molecule has 1 aromatic rings. The Hall–Kier alpha value is -0.530. The summed E-state index contributed by atoms with van der Waals surface area (Å²) in [6.07, 6.45) is 8.92. The highest BCUT2D eigenvalue weighted by Crippen LogP contribution is 2.13. The molecule has 0 aliphatic rings. The molecule has 0 unspecified atom stereocenters. The minimum atomic E-state index is 0.825. The van der Waals surface area contributed by atoms with Crippen molar-refractivity contribution >= 4 is 11.6 Å². The third-order valence-electron chi connectivity index (χ3n) is 2.83. The van der Waals surface area contributed by atoms with Crippen LogP contribution in [0.5, 0.6) is 0 Å². The zero-order valence-corrected chi connectivity index (χ0v) is 10.7. The lowest BCUT2D eigenvalue weighted by molar-refractivity contribution is 0.597. The standard InChI is InChI=1S/C14H22ClN/c15-14-10-8-13(9-11-14)7-5-3-1-2-4-6-12-16/h8-11H,1-7,12,16H2. The molecule has 0 spiro atoms. The SMILES string of the molecule is NCCCCCCCCc1ccc(Cl)cc1. The van der Waals surface area contributed by atoms with Gasteiger partial charge >= 0.3 is 0 Å². The van der Waals surface area contributed by atoms with Gasteiger partial charge in [0.15, 0.2) is 0 Å². The molecule has 1 nitrogen and oxygen atoms in total. The van der Waals surface area contributed by atoms with E-state index >= 15 is 0 Å². The van der Waals surface area contributed by atoms with E-state index in [0.717, 1.165) is 11.6 Å². The summed E-state index contributed by atoms with van der Waals surface area (Å²) in [5.41, 5.74) is 6.84. The van der Waals surface area contributed by atoms with Crippen molar-refractivity contribution in [2.24, 2.45) is 5.73 Å². The molecule has 0 aromatic heterocycles. The molecule has 0 aliphatic carbocycles. The number of nitrogens with two attached hydrogens (primary N) is 1. The van der Waals surface area contributed by atoms with Gasteiger partial charge in [-0.05, 0) is 43.5 Å². The Morgan fingerprint density at radius 2 is 1.38 bits per heavy atom. The minimum absolute atomic E-state index is 0.825. The summed E-state index contributed by atoms with van der Waals surface area (Å²) in [5.74, 6) is 0. The zero-order valence-electron chi connectivity index (χ0n) is 9.92. The van der Waals surface area contributed by atoms with Gasteiger partial charge in [0.25, 0.3) is 0 Å². The molecule has 2 N–H and O–H groups in total. The first-order chi connectivity index (χ1) is 7.83. The predicted octanol–water partition coefficient (Wildman–Crippen LogP) is 4.18. The number of hydrogen-bond donors (Lipinski definition) is 1. The fourth-order valence-electron chi connectivity index (χ4n) is 1.83. The van der Waals surface area contributed by atoms with E-state index in [9.17, 15) is 0 Å². The van der Waals surface area contributed by atoms with Gasteiger partial charge in [-0.15, -0.1) is 0 Å². The largest absolute Gasteiger partial charge is 0.330 e. The molecule has 0 saturated carbocycles. The summed E-state index contributed by atoms with van der Waals surface area (Å²) in [5, 5.41) is 0.825. The third-order valence-corrected chi connectivity index (χ3v) is 3.08. The van der Waals surface area contributed by atoms with Crippen LogP contribution in [0.15, 0.2) is 24.3 Å². The van der Waals surface area contributed by atoms with Gasteiger partial charge in [-0.3, -0.25) is 0 Å². The lowest BCUT2D eigenvalue weighted by Gasteiger charge is -2.02. The normalized spacial score (nSPS) is 10.6. The molecular weight excluding hydrogens is 218 g/mol. The highest BCUT2D eigenvalue weighted by molar-refractivity contribution is 6.30. The molecule has 0 amide bonds. The van der Waals surface area contributed by atoms with Crippen molar-refractivity contribution < 1.29 is 0 Å². The van der Waals surface area contributed by atoms with Gasteiger partial charge in [0, 0.05) is 5.02 Å². The number of rotatable bonds is 8. The molecule has 0 fully saturated rings. The van der Waals surface area contributed by atoms with Crippen LogP contribution >= 0.6 is 11.6 Å². The summed E-state index contributed by atoms with van der Waals surface area (Å²) in [4.78, 5) is 0. The average molecular weight is 240 g/mol. The maximum Gasteiger partial charge on any atom is 0.0406 e. The first-order valence-corrected chi connectivity index (χ1v) is 6.65. The molecule has 16 heavy (non-hydrogen) atoms. The second-order valence-corrected chi connectivity index (χ2v) is 4.72. The molecule has 0 bridgehead atoms. The molecule has 2 heteroatoms. The van der Waals surface area contributed by atoms with Crippen molar-refractivity contribution in [1.29, 1.82) is 0 Å². The Labute approximate surface area is 104 Å². The van der Waals surface area contributed by atoms with Gasteiger partial charge in [0.1, 0.15) is 0 Å². The predicted molar refractivity (Wildman–Crippen MR) is 71.9 cm³/mol. The van der Waals surface area contributed by atoms with Gasteiger partial charge in [-0.2, -0.15) is 0 Å². The van der Waals surface area contributed by atoms with Crippen molar-refractivity contribution in [3.8, 4) is 0 Å². The van der Waals surface area contributed by atoms with Crippen LogP contribution in [0.4, 0.5) is 0 Å². The monoisotopic (exact) mass is 239 g/mol. The van der Waals surface area contributed by atoms with Gasteiger partial charge in [0.05, 0.1) is 0 Å². The highest BCUT2D eigenvalue weighted by Gasteiger charge is 1.94. The van der Waals surface area contributed by atoms with Crippen LogP contribution in [0.25, 0.3) is 0 Å². The van der Waals surface area contributed by atoms with Gasteiger partial charge < -0.3 is 5.73 Å². The molecule has 0 saturated heterocycles. The lowest BCUT2D eigenvalue weighted by Crippen LogP contribution is -1.97. The molecule has 0 atom stereocenters. The molecule has 1 rings (SSSR count). The van der Waals surface area contributed by atoms with Crippen molar-refractivity contribution in [1.82, 2.24) is 0 Å². The van der Waals surface area contributed by atoms with E-state index in [-0.39, 0.29) is 0 Å². The van der Waals surface area contributed by atoms with E-state index in [1.165, 1.54) is 50.5 Å². The number of benzene rings is 1. The van der Waals surface area contributed by atoms with E-state index < -0.39 is 0 Å². The fourth-order valence-corrected chi connectivity index (χ4v) is 1.96. The van der Waals surface area contributed by atoms with Crippen molar-refractivity contribution in [2.75, 3.05) is 6.54 Å². The topological polar surface area (TPSA) is 26.0 Å². The van der Waals surface area contributed by atoms with E-state index in [1.807, 2.05) is 12.1 Å². The van der Waals surface area contributed by atoms with Gasteiger partial charge in [0.2, 0.25) is 0 Å². The van der Waals surface area contributed by atoms with Crippen molar-refractivity contribution in [3.05, 3.63) is 34.9 Å². The van der Waals surface area contributed by atoms with Crippen molar-refractivity contribution in [3.63, 3.8) is 0 Å². The second-order valence-electron chi connectivity index (χ2n) is 4.29. The number of hydrogen-bond acceptors (Lipinski definition) is 1. The Bertz CT molecular complexity index is 269. The molecule has 0 heterocycles. The minimum Gasteiger partial charge on any atom is -0.330 e. The highest BCUT2D eigenvalue weighted by atomic mass is 35.5. The van der Waals surface area contributed by atoms with Crippen LogP contribution in [0, 0.1) is 0 Å². The summed E-state index contributed by atoms with van der Waals surface area (Å²) < 4.78 is 0. The summed E-state index contributed by atoms with van der Waals surface area (Å²) in [6, 6.07) is 8.18. The van der Waals surface area contributed by atoms with E-state index in [2.05, 4.69) is 12.1 Å². The third kappa shape index (κ3) is 6.14. The smallest absolute Gasteiger partial charge is 0.0406 e. The van der Waals surface area contributed by atoms with Crippen LogP contribution in [0.3, 0.4) is 0 Å². The average Bonchev–Trinajstić information content (AvgIpc) is 2.30. The van der Waals surface area contributed by atoms with Crippen LogP contribution in [0.2, 0.25) is 5.02 Å². The molecule has 1 aromatic carbocycles. The number of halogens is 1. The van der Waals surface area contributed by atoms with Crippen LogP contribution in [-0.4, -0.2) is 6.54 Å². The van der Waals surface area contributed by atoms with Crippen LogP contribution in [-0.2, 0) is 6.42 Å². The van der Waals surface area contributed by atoms with E-state index in [4.69, 9.17) is 17.3 Å². The zero-order chi connectivity index (χ0) is 11.6.